The number of aromatic amines is 1. The van der Waals surface area contributed by atoms with Crippen LogP contribution in [0.25, 0.3) is 0 Å². The van der Waals surface area contributed by atoms with Crippen LogP contribution in [0.1, 0.15) is 23.2 Å². The van der Waals surface area contributed by atoms with Gasteiger partial charge in [0, 0.05) is 37.8 Å². The standard InChI is InChI=1S/C20H25N7O6.2C6H13NO5/c1-27-12(9-23-16-15(27)18(31)26-20(21)25-16)8-22-11-4-2-10(3-5-11)17(30)24-13(19(32)33)6-7-14(28)29;2*7-3(1-8)5(11)6(12)4(10)2-9/h2-5,12-13,22H,6-9H2,1H3,(H,24,30)(H,28,29)(H,32,33)(H4,21,23,25,26,31);2*1,3-6,9-12H,2,7H2/t12-,13-;2*3-,4+,5+,6+/m000/s1. The minimum Gasteiger partial charge on any atom is -0.481 e. The number of aliphatic carboxylic acids is 2. The molecule has 0 fully saturated rings. The van der Waals surface area contributed by atoms with Gasteiger partial charge >= 0.3 is 11.9 Å². The molecule has 25 heteroatoms. The summed E-state index contributed by atoms with van der Waals surface area (Å²) in [6.45, 7) is -0.401. The van der Waals surface area contributed by atoms with Gasteiger partial charge < -0.3 is 98.7 Å². The molecule has 1 aliphatic heterocycles. The van der Waals surface area contributed by atoms with Crippen molar-refractivity contribution in [3.8, 4) is 0 Å². The predicted molar refractivity (Wildman–Crippen MR) is 199 cm³/mol. The number of hydrogen-bond donors (Lipinski definition) is 17. The Morgan fingerprint density at radius 1 is 0.912 bits per heavy atom. The first-order valence-electron chi connectivity index (χ1n) is 16.9. The van der Waals surface area contributed by atoms with Crippen molar-refractivity contribution < 1.29 is 75.0 Å². The number of nitrogen functional groups attached to an aromatic ring is 1. The fraction of sp³-hybridized carbons (Fsp3) is 0.531. The molecular weight excluding hydrogens is 766 g/mol. The van der Waals surface area contributed by atoms with Gasteiger partial charge in [-0.25, -0.2) is 4.79 Å². The number of anilines is 4. The van der Waals surface area contributed by atoms with Crippen LogP contribution in [-0.4, -0.2) is 186 Å². The van der Waals surface area contributed by atoms with E-state index in [1.54, 1.807) is 19.2 Å². The molecule has 2 aromatic rings. The second-order valence-corrected chi connectivity index (χ2v) is 12.4. The number of benzene rings is 1. The number of aldehydes is 2. The van der Waals surface area contributed by atoms with Crippen LogP contribution in [-0.2, 0) is 19.2 Å². The molecule has 2 heterocycles. The van der Waals surface area contributed by atoms with Gasteiger partial charge in [0.25, 0.3) is 11.5 Å². The summed E-state index contributed by atoms with van der Waals surface area (Å²) in [5.74, 6) is -2.59. The molecule has 57 heavy (non-hydrogen) atoms. The number of amides is 1. The van der Waals surface area contributed by atoms with Crippen molar-refractivity contribution >= 4 is 53.6 Å². The van der Waals surface area contributed by atoms with E-state index >= 15 is 0 Å². The number of H-pyrrole nitrogens is 1. The molecule has 0 radical (unpaired) electrons. The molecule has 320 valence electrons. The number of fused-ring (bicyclic) bond motifs is 1. The maximum absolute atomic E-state index is 12.3. The van der Waals surface area contributed by atoms with Crippen LogP contribution in [0.3, 0.4) is 0 Å². The number of carboxylic acid groups (broad SMARTS) is 2. The van der Waals surface area contributed by atoms with Crippen LogP contribution < -0.4 is 43.6 Å². The van der Waals surface area contributed by atoms with Gasteiger partial charge in [-0.3, -0.25) is 19.4 Å². The van der Waals surface area contributed by atoms with Crippen LogP contribution >= 0.6 is 0 Å². The normalized spacial score (nSPS) is 17.9. The third-order valence-electron chi connectivity index (χ3n) is 8.22. The van der Waals surface area contributed by atoms with E-state index in [0.29, 0.717) is 24.6 Å². The van der Waals surface area contributed by atoms with Crippen molar-refractivity contribution in [1.29, 1.82) is 0 Å². The number of aromatic nitrogens is 2. The molecule has 0 spiro atoms. The summed E-state index contributed by atoms with van der Waals surface area (Å²) in [4.78, 5) is 74.9. The van der Waals surface area contributed by atoms with Gasteiger partial charge in [-0.05, 0) is 30.7 Å². The van der Waals surface area contributed by atoms with Crippen molar-refractivity contribution in [2.45, 2.75) is 73.6 Å². The molecule has 1 amide bonds. The van der Waals surface area contributed by atoms with Crippen LogP contribution in [0.2, 0.25) is 0 Å². The average molecular weight is 818 g/mol. The van der Waals surface area contributed by atoms with E-state index in [2.05, 4.69) is 25.9 Å². The quantitative estimate of drug-likeness (QED) is 0.0586. The lowest BCUT2D eigenvalue weighted by Gasteiger charge is -2.35. The highest BCUT2D eigenvalue weighted by atomic mass is 16.4. The summed E-state index contributed by atoms with van der Waals surface area (Å²) in [6.07, 6.45) is -9.44. The van der Waals surface area contributed by atoms with E-state index in [0.717, 1.165) is 5.69 Å². The Hall–Kier alpha value is -5.35. The van der Waals surface area contributed by atoms with Crippen LogP contribution in [0.4, 0.5) is 23.1 Å². The van der Waals surface area contributed by atoms with Crippen molar-refractivity contribution in [2.75, 3.05) is 54.6 Å². The molecule has 1 aromatic carbocycles. The van der Waals surface area contributed by atoms with E-state index < -0.39 is 85.8 Å². The second-order valence-electron chi connectivity index (χ2n) is 12.4. The summed E-state index contributed by atoms with van der Waals surface area (Å²) >= 11 is 0. The third-order valence-corrected chi connectivity index (χ3v) is 8.22. The molecule has 1 aliphatic rings. The third kappa shape index (κ3) is 15.6. The Morgan fingerprint density at radius 2 is 1.42 bits per heavy atom. The Morgan fingerprint density at radius 3 is 1.86 bits per heavy atom. The van der Waals surface area contributed by atoms with Gasteiger partial charge in [0.1, 0.15) is 60.9 Å². The lowest BCUT2D eigenvalue weighted by molar-refractivity contribution is -0.140. The van der Waals surface area contributed by atoms with Gasteiger partial charge in [-0.2, -0.15) is 4.98 Å². The number of nitrogens with one attached hydrogen (secondary N) is 4. The van der Waals surface area contributed by atoms with Crippen molar-refractivity contribution in [3.05, 3.63) is 40.2 Å². The predicted octanol–water partition coefficient (Wildman–Crippen LogP) is -7.08. The number of nitrogens with zero attached hydrogens (tertiary/aromatic N) is 2. The lowest BCUT2D eigenvalue weighted by Crippen LogP contribution is -2.49. The number of carbonyl (C=O) groups excluding carboxylic acids is 3. The van der Waals surface area contributed by atoms with Gasteiger partial charge in [-0.15, -0.1) is 0 Å². The largest absolute Gasteiger partial charge is 0.481 e. The Labute approximate surface area is 323 Å². The maximum Gasteiger partial charge on any atom is 0.326 e. The van der Waals surface area contributed by atoms with Crippen LogP contribution in [0, 0.1) is 0 Å². The topological polar surface area (TPSA) is 451 Å². The number of nitrogens with two attached hydrogens (primary N) is 3. The van der Waals surface area contributed by atoms with E-state index in [4.69, 9.17) is 63.2 Å². The molecule has 0 aliphatic carbocycles. The van der Waals surface area contributed by atoms with Crippen LogP contribution in [0.5, 0.6) is 0 Å². The molecule has 1 aromatic heterocycles. The van der Waals surface area contributed by atoms with Crippen LogP contribution in [0.15, 0.2) is 29.1 Å². The number of rotatable bonds is 19. The zero-order valence-electron chi connectivity index (χ0n) is 30.5. The van der Waals surface area contributed by atoms with E-state index in [-0.39, 0.29) is 48.5 Å². The number of carboxylic acids is 2. The molecule has 25 nitrogen and oxygen atoms in total. The summed E-state index contributed by atoms with van der Waals surface area (Å²) < 4.78 is 0. The van der Waals surface area contributed by atoms with Gasteiger partial charge in [0.15, 0.2) is 5.82 Å². The highest BCUT2D eigenvalue weighted by molar-refractivity contribution is 5.97. The van der Waals surface area contributed by atoms with E-state index in [1.165, 1.54) is 12.1 Å². The molecule has 10 atom stereocenters. The molecule has 0 saturated heterocycles. The number of aliphatic hydroxyl groups is 8. The van der Waals surface area contributed by atoms with Crippen molar-refractivity contribution in [1.82, 2.24) is 15.3 Å². The van der Waals surface area contributed by atoms with E-state index in [9.17, 15) is 33.9 Å². The summed E-state index contributed by atoms with van der Waals surface area (Å²) in [5.41, 5.74) is 16.7. The molecule has 20 N–H and O–H groups in total. The first-order valence-corrected chi connectivity index (χ1v) is 16.9. The van der Waals surface area contributed by atoms with Gasteiger partial charge in [0.2, 0.25) is 5.95 Å². The first-order chi connectivity index (χ1) is 26.7. The number of likely N-dealkylation sites (N-methyl/N-ethyl adjacent to an activating group) is 1. The molecular formula is C32H51N9O16. The number of aliphatic hydroxyl groups excluding tert-OH is 8. The Bertz CT molecular complexity index is 1620. The van der Waals surface area contributed by atoms with Gasteiger partial charge in [0.05, 0.1) is 31.3 Å². The zero-order chi connectivity index (χ0) is 43.6. The number of carbonyl (C=O) groups is 5. The first kappa shape index (κ1) is 49.7. The lowest BCUT2D eigenvalue weighted by atomic mass is 10.0. The zero-order valence-corrected chi connectivity index (χ0v) is 30.5. The van der Waals surface area contributed by atoms with Crippen molar-refractivity contribution in [2.24, 2.45) is 11.5 Å². The highest BCUT2D eigenvalue weighted by Crippen LogP contribution is 2.25. The fourth-order valence-corrected chi connectivity index (χ4v) is 4.71. The molecule has 0 bridgehead atoms. The minimum atomic E-state index is -1.62. The summed E-state index contributed by atoms with van der Waals surface area (Å²) in [5, 5.41) is 96.9. The SMILES string of the molecule is CN1c2c(nc(N)[nH]c2=O)NC[C@@H]1CNc1ccc(C(=O)N[C@@H](CCC(=O)O)C(=O)O)cc1.N[C@@H](C=O)[C@@H](O)[C@H](O)[C@H](O)CO.N[C@@H](C=O)[C@@H](O)[C@H](O)[C@H](O)CO. The Balaban J connectivity index is 0.000000555. The molecule has 0 unspecified atom stereocenters. The Kier molecular flexibility index (Phi) is 21.2. The minimum absolute atomic E-state index is 0.0388. The van der Waals surface area contributed by atoms with Gasteiger partial charge in [-0.1, -0.05) is 0 Å². The highest BCUT2D eigenvalue weighted by Gasteiger charge is 2.30. The smallest absolute Gasteiger partial charge is 0.326 e. The monoisotopic (exact) mass is 817 g/mol. The van der Waals surface area contributed by atoms with Crippen molar-refractivity contribution in [3.63, 3.8) is 0 Å². The maximum atomic E-state index is 12.3. The summed E-state index contributed by atoms with van der Waals surface area (Å²) in [6, 6.07) is 2.51. The van der Waals surface area contributed by atoms with E-state index in [1.807, 2.05) is 4.90 Å². The molecule has 0 saturated carbocycles. The number of hydrogen-bond acceptors (Lipinski definition) is 21. The second kappa shape index (κ2) is 24.3. The average Bonchev–Trinajstić information content (AvgIpc) is 3.19. The fourth-order valence-electron chi connectivity index (χ4n) is 4.71. The molecule has 3 rings (SSSR count). The summed E-state index contributed by atoms with van der Waals surface area (Å²) in [7, 11) is 1.79.